The minimum Gasteiger partial charge on any atom is -0.312 e. The van der Waals surface area contributed by atoms with Gasteiger partial charge in [0.05, 0.1) is 5.02 Å². The van der Waals surface area contributed by atoms with Gasteiger partial charge < -0.3 is 5.32 Å². The zero-order valence-corrected chi connectivity index (χ0v) is 11.6. The lowest BCUT2D eigenvalue weighted by atomic mass is 9.78. The SMILES string of the molecule is CNC(c1sccc1Cl)C1CCCC(C)C1. The first kappa shape index (κ1) is 12.4. The molecule has 1 aromatic heterocycles. The highest BCUT2D eigenvalue weighted by molar-refractivity contribution is 7.10. The summed E-state index contributed by atoms with van der Waals surface area (Å²) in [5, 5.41) is 6.49. The van der Waals surface area contributed by atoms with Crippen molar-refractivity contribution in [3.8, 4) is 0 Å². The van der Waals surface area contributed by atoms with Crippen molar-refractivity contribution in [2.24, 2.45) is 11.8 Å². The minimum atomic E-state index is 0.454. The maximum absolute atomic E-state index is 6.24. The molecule has 0 radical (unpaired) electrons. The molecule has 0 aliphatic heterocycles. The Hall–Kier alpha value is -0.0500. The highest BCUT2D eigenvalue weighted by Crippen LogP contribution is 2.40. The maximum Gasteiger partial charge on any atom is 0.0561 e. The average Bonchev–Trinajstić information content (AvgIpc) is 2.67. The van der Waals surface area contributed by atoms with E-state index in [-0.39, 0.29) is 0 Å². The molecular formula is C13H20ClNS. The van der Waals surface area contributed by atoms with Gasteiger partial charge in [0, 0.05) is 10.9 Å². The molecule has 0 spiro atoms. The Morgan fingerprint density at radius 3 is 2.88 bits per heavy atom. The molecule has 3 unspecified atom stereocenters. The summed E-state index contributed by atoms with van der Waals surface area (Å²) in [5.74, 6) is 1.62. The summed E-state index contributed by atoms with van der Waals surface area (Å²) < 4.78 is 0. The maximum atomic E-state index is 6.24. The Labute approximate surface area is 107 Å². The summed E-state index contributed by atoms with van der Waals surface area (Å²) >= 11 is 8.02. The molecule has 3 atom stereocenters. The van der Waals surface area contributed by atoms with E-state index in [4.69, 9.17) is 11.6 Å². The Morgan fingerprint density at radius 1 is 1.50 bits per heavy atom. The van der Waals surface area contributed by atoms with Crippen LogP contribution in [-0.4, -0.2) is 7.05 Å². The molecule has 1 nitrogen and oxygen atoms in total. The van der Waals surface area contributed by atoms with Crippen LogP contribution in [0.15, 0.2) is 11.4 Å². The lowest BCUT2D eigenvalue weighted by molar-refractivity contribution is 0.232. The van der Waals surface area contributed by atoms with Gasteiger partial charge in [-0.05, 0) is 43.2 Å². The molecule has 0 amide bonds. The molecule has 1 heterocycles. The lowest BCUT2D eigenvalue weighted by Gasteiger charge is -2.32. The van der Waals surface area contributed by atoms with Gasteiger partial charge in [-0.25, -0.2) is 0 Å². The molecule has 0 aromatic carbocycles. The average molecular weight is 258 g/mol. The van der Waals surface area contributed by atoms with Gasteiger partial charge in [-0.15, -0.1) is 11.3 Å². The third kappa shape index (κ3) is 2.61. The van der Waals surface area contributed by atoms with E-state index in [1.807, 2.05) is 6.07 Å². The lowest BCUT2D eigenvalue weighted by Crippen LogP contribution is -2.28. The van der Waals surface area contributed by atoms with Crippen molar-refractivity contribution in [2.45, 2.75) is 38.6 Å². The molecule has 90 valence electrons. The van der Waals surface area contributed by atoms with Gasteiger partial charge in [0.25, 0.3) is 0 Å². The summed E-state index contributed by atoms with van der Waals surface area (Å²) in [6.07, 6.45) is 5.43. The van der Waals surface area contributed by atoms with E-state index in [1.165, 1.54) is 30.6 Å². The topological polar surface area (TPSA) is 12.0 Å². The summed E-state index contributed by atoms with van der Waals surface area (Å²) in [6, 6.07) is 2.47. The molecule has 2 rings (SSSR count). The number of halogens is 1. The van der Waals surface area contributed by atoms with Crippen LogP contribution in [-0.2, 0) is 0 Å². The van der Waals surface area contributed by atoms with E-state index in [0.717, 1.165) is 16.9 Å². The second-order valence-electron chi connectivity index (χ2n) is 4.93. The molecule has 1 aliphatic rings. The molecule has 1 aromatic rings. The van der Waals surface area contributed by atoms with Crippen LogP contribution < -0.4 is 5.32 Å². The highest BCUT2D eigenvalue weighted by atomic mass is 35.5. The molecule has 1 N–H and O–H groups in total. The van der Waals surface area contributed by atoms with Crippen molar-refractivity contribution < 1.29 is 0 Å². The van der Waals surface area contributed by atoms with Crippen LogP contribution in [0.25, 0.3) is 0 Å². The third-order valence-electron chi connectivity index (χ3n) is 3.69. The predicted octanol–water partition coefficient (Wildman–Crippen LogP) is 4.49. The molecule has 0 bridgehead atoms. The van der Waals surface area contributed by atoms with Gasteiger partial charge in [0.1, 0.15) is 0 Å². The normalized spacial score (nSPS) is 27.9. The number of thiophene rings is 1. The zero-order chi connectivity index (χ0) is 11.5. The molecule has 1 fully saturated rings. The van der Waals surface area contributed by atoms with Crippen LogP contribution in [0.3, 0.4) is 0 Å². The largest absolute Gasteiger partial charge is 0.312 e. The first-order chi connectivity index (χ1) is 7.72. The van der Waals surface area contributed by atoms with Crippen molar-refractivity contribution in [2.75, 3.05) is 7.05 Å². The van der Waals surface area contributed by atoms with Crippen molar-refractivity contribution in [3.05, 3.63) is 21.3 Å². The van der Waals surface area contributed by atoms with E-state index < -0.39 is 0 Å². The van der Waals surface area contributed by atoms with Gasteiger partial charge in [-0.2, -0.15) is 0 Å². The van der Waals surface area contributed by atoms with Crippen molar-refractivity contribution >= 4 is 22.9 Å². The number of hydrogen-bond acceptors (Lipinski definition) is 2. The molecule has 16 heavy (non-hydrogen) atoms. The van der Waals surface area contributed by atoms with Crippen LogP contribution >= 0.6 is 22.9 Å². The van der Waals surface area contributed by atoms with Crippen LogP contribution in [0.5, 0.6) is 0 Å². The molecule has 0 saturated heterocycles. The van der Waals surface area contributed by atoms with Gasteiger partial charge >= 0.3 is 0 Å². The fraction of sp³-hybridized carbons (Fsp3) is 0.692. The second-order valence-corrected chi connectivity index (χ2v) is 6.29. The minimum absolute atomic E-state index is 0.454. The Morgan fingerprint density at radius 2 is 2.31 bits per heavy atom. The first-order valence-electron chi connectivity index (χ1n) is 6.12. The summed E-state index contributed by atoms with van der Waals surface area (Å²) in [5.41, 5.74) is 0. The number of hydrogen-bond donors (Lipinski definition) is 1. The van der Waals surface area contributed by atoms with Gasteiger partial charge in [-0.3, -0.25) is 0 Å². The van der Waals surface area contributed by atoms with E-state index >= 15 is 0 Å². The summed E-state index contributed by atoms with van der Waals surface area (Å²) in [7, 11) is 2.06. The fourth-order valence-corrected chi connectivity index (χ4v) is 4.27. The van der Waals surface area contributed by atoms with Gasteiger partial charge in [0.15, 0.2) is 0 Å². The Kier molecular flexibility index (Phi) is 4.28. The number of rotatable bonds is 3. The quantitative estimate of drug-likeness (QED) is 0.841. The molecule has 3 heteroatoms. The van der Waals surface area contributed by atoms with Crippen LogP contribution in [0.4, 0.5) is 0 Å². The molecular weight excluding hydrogens is 238 g/mol. The van der Waals surface area contributed by atoms with Crippen molar-refractivity contribution in [3.63, 3.8) is 0 Å². The third-order valence-corrected chi connectivity index (χ3v) is 5.13. The first-order valence-corrected chi connectivity index (χ1v) is 7.38. The van der Waals surface area contributed by atoms with Crippen LogP contribution in [0.2, 0.25) is 5.02 Å². The van der Waals surface area contributed by atoms with E-state index in [1.54, 1.807) is 11.3 Å². The number of nitrogens with one attached hydrogen (secondary N) is 1. The Balaban J connectivity index is 2.13. The van der Waals surface area contributed by atoms with E-state index in [2.05, 4.69) is 24.7 Å². The van der Waals surface area contributed by atoms with Crippen molar-refractivity contribution in [1.82, 2.24) is 5.32 Å². The molecule has 1 aliphatic carbocycles. The Bertz CT molecular complexity index is 336. The van der Waals surface area contributed by atoms with Gasteiger partial charge in [0.2, 0.25) is 0 Å². The smallest absolute Gasteiger partial charge is 0.0561 e. The zero-order valence-electron chi connectivity index (χ0n) is 10.0. The van der Waals surface area contributed by atoms with Crippen molar-refractivity contribution in [1.29, 1.82) is 0 Å². The monoisotopic (exact) mass is 257 g/mol. The predicted molar refractivity (Wildman–Crippen MR) is 72.3 cm³/mol. The van der Waals surface area contributed by atoms with Gasteiger partial charge in [-0.1, -0.05) is 31.4 Å². The summed E-state index contributed by atoms with van der Waals surface area (Å²) in [4.78, 5) is 1.32. The van der Waals surface area contributed by atoms with Crippen LogP contribution in [0.1, 0.15) is 43.5 Å². The van der Waals surface area contributed by atoms with E-state index in [0.29, 0.717) is 6.04 Å². The fourth-order valence-electron chi connectivity index (χ4n) is 2.89. The van der Waals surface area contributed by atoms with E-state index in [9.17, 15) is 0 Å². The summed E-state index contributed by atoms with van der Waals surface area (Å²) in [6.45, 7) is 2.37. The highest BCUT2D eigenvalue weighted by Gasteiger charge is 2.28. The standard InChI is InChI=1S/C13H20ClNS/c1-9-4-3-5-10(8-9)12(15-2)13-11(14)6-7-16-13/h6-7,9-10,12,15H,3-5,8H2,1-2H3. The molecule has 1 saturated carbocycles. The van der Waals surface area contributed by atoms with Crippen LogP contribution in [0, 0.1) is 11.8 Å². The second kappa shape index (κ2) is 5.52.